The van der Waals surface area contributed by atoms with Crippen LogP contribution in [0, 0.1) is 17.8 Å². The molecule has 0 radical (unpaired) electrons. The monoisotopic (exact) mass is 316 g/mol. The molecule has 124 valence electrons. The molecular weight excluding hydrogens is 292 g/mol. The molecule has 0 bridgehead atoms. The van der Waals surface area contributed by atoms with Gasteiger partial charge in [-0.3, -0.25) is 9.89 Å². The molecule has 2 aliphatic carbocycles. The van der Waals surface area contributed by atoms with Crippen LogP contribution in [0.25, 0.3) is 5.57 Å². The highest BCUT2D eigenvalue weighted by Crippen LogP contribution is 2.38. The maximum Gasteiger partial charge on any atom is 0.309 e. The maximum absolute atomic E-state index is 12.0. The third kappa shape index (κ3) is 3.09. The van der Waals surface area contributed by atoms with Crippen molar-refractivity contribution in [2.45, 2.75) is 46.0 Å². The molecule has 3 atom stereocenters. The Labute approximate surface area is 136 Å². The Morgan fingerprint density at radius 1 is 1.48 bits per heavy atom. The van der Waals surface area contributed by atoms with Crippen LogP contribution in [-0.4, -0.2) is 29.1 Å². The molecule has 1 N–H and O–H groups in total. The van der Waals surface area contributed by atoms with Crippen LogP contribution >= 0.6 is 0 Å². The van der Waals surface area contributed by atoms with Gasteiger partial charge in [0, 0.05) is 17.2 Å². The molecule has 1 heterocycles. The summed E-state index contributed by atoms with van der Waals surface area (Å²) in [6, 6.07) is 0. The van der Waals surface area contributed by atoms with Crippen LogP contribution in [0.15, 0.2) is 6.08 Å². The van der Waals surface area contributed by atoms with Crippen LogP contribution in [0.4, 0.5) is 0 Å². The zero-order valence-electron chi connectivity index (χ0n) is 13.8. The van der Waals surface area contributed by atoms with Crippen molar-refractivity contribution >= 4 is 17.8 Å². The minimum Gasteiger partial charge on any atom is -0.466 e. The first-order chi connectivity index (χ1) is 11.1. The van der Waals surface area contributed by atoms with Gasteiger partial charge in [-0.05, 0) is 50.5 Å². The van der Waals surface area contributed by atoms with E-state index in [0.717, 1.165) is 43.4 Å². The molecule has 0 saturated carbocycles. The maximum atomic E-state index is 12.0. The molecule has 2 unspecified atom stereocenters. The Hall–Kier alpha value is -1.91. The van der Waals surface area contributed by atoms with Crippen LogP contribution in [0.3, 0.4) is 0 Å². The van der Waals surface area contributed by atoms with Crippen molar-refractivity contribution in [3.63, 3.8) is 0 Å². The molecule has 5 heteroatoms. The van der Waals surface area contributed by atoms with E-state index in [-0.39, 0.29) is 23.7 Å². The van der Waals surface area contributed by atoms with Gasteiger partial charge in [0.1, 0.15) is 6.29 Å². The smallest absolute Gasteiger partial charge is 0.309 e. The standard InChI is InChI=1S/C18H24N2O3/c1-3-23-18(22)14-7-5-13(8-11(14)2)17-15-6-4-12(10-21)9-16(15)19-20-17/h5,10-12,14H,3-4,6-9H2,1-2H3,(H,19,20)/t11?,12?,14-/m1/s1. The molecule has 0 saturated heterocycles. The quantitative estimate of drug-likeness (QED) is 0.685. The van der Waals surface area contributed by atoms with E-state index in [1.54, 1.807) is 0 Å². The van der Waals surface area contributed by atoms with E-state index in [1.165, 1.54) is 11.1 Å². The summed E-state index contributed by atoms with van der Waals surface area (Å²) in [4.78, 5) is 23.0. The van der Waals surface area contributed by atoms with E-state index < -0.39 is 0 Å². The molecule has 3 rings (SSSR count). The molecule has 0 fully saturated rings. The fourth-order valence-electron chi connectivity index (χ4n) is 3.76. The summed E-state index contributed by atoms with van der Waals surface area (Å²) in [6.07, 6.45) is 7.32. The van der Waals surface area contributed by atoms with Crippen molar-refractivity contribution in [1.29, 1.82) is 0 Å². The van der Waals surface area contributed by atoms with E-state index in [0.29, 0.717) is 13.0 Å². The lowest BCUT2D eigenvalue weighted by Gasteiger charge is -2.27. The van der Waals surface area contributed by atoms with Crippen LogP contribution in [0.2, 0.25) is 0 Å². The van der Waals surface area contributed by atoms with Gasteiger partial charge in [0.2, 0.25) is 0 Å². The molecular formula is C18H24N2O3. The van der Waals surface area contributed by atoms with Gasteiger partial charge in [-0.15, -0.1) is 0 Å². The largest absolute Gasteiger partial charge is 0.466 e. The number of rotatable bonds is 4. The first kappa shape index (κ1) is 16.0. The number of aromatic amines is 1. The highest BCUT2D eigenvalue weighted by molar-refractivity contribution is 5.76. The number of H-pyrrole nitrogens is 1. The highest BCUT2D eigenvalue weighted by Gasteiger charge is 2.32. The molecule has 1 aromatic rings. The summed E-state index contributed by atoms with van der Waals surface area (Å²) >= 11 is 0. The van der Waals surface area contributed by atoms with Crippen LogP contribution in [0.5, 0.6) is 0 Å². The molecule has 23 heavy (non-hydrogen) atoms. The summed E-state index contributed by atoms with van der Waals surface area (Å²) in [6.45, 7) is 4.38. The lowest BCUT2D eigenvalue weighted by atomic mass is 9.78. The first-order valence-corrected chi connectivity index (χ1v) is 8.51. The highest BCUT2D eigenvalue weighted by atomic mass is 16.5. The number of aldehydes is 1. The van der Waals surface area contributed by atoms with Gasteiger partial charge in [0.25, 0.3) is 0 Å². The molecule has 0 spiro atoms. The summed E-state index contributed by atoms with van der Waals surface area (Å²) in [7, 11) is 0. The Morgan fingerprint density at radius 2 is 2.30 bits per heavy atom. The second kappa shape index (κ2) is 6.69. The van der Waals surface area contributed by atoms with Crippen molar-refractivity contribution in [3.05, 3.63) is 23.0 Å². The van der Waals surface area contributed by atoms with Crippen molar-refractivity contribution in [2.24, 2.45) is 17.8 Å². The van der Waals surface area contributed by atoms with Crippen molar-refractivity contribution in [2.75, 3.05) is 6.61 Å². The number of aromatic nitrogens is 2. The van der Waals surface area contributed by atoms with E-state index in [9.17, 15) is 9.59 Å². The minimum absolute atomic E-state index is 0.0482. The van der Waals surface area contributed by atoms with Crippen molar-refractivity contribution in [3.8, 4) is 0 Å². The topological polar surface area (TPSA) is 72.0 Å². The summed E-state index contributed by atoms with van der Waals surface area (Å²) in [5.41, 5.74) is 4.62. The van der Waals surface area contributed by atoms with Gasteiger partial charge in [0.05, 0.1) is 18.2 Å². The Morgan fingerprint density at radius 3 is 3.00 bits per heavy atom. The van der Waals surface area contributed by atoms with E-state index in [4.69, 9.17) is 4.74 Å². The van der Waals surface area contributed by atoms with Gasteiger partial charge < -0.3 is 9.53 Å². The van der Waals surface area contributed by atoms with Gasteiger partial charge >= 0.3 is 5.97 Å². The fraction of sp³-hybridized carbons (Fsp3) is 0.611. The number of carbonyl (C=O) groups is 2. The number of nitrogens with zero attached hydrogens (tertiary/aromatic N) is 1. The number of ether oxygens (including phenoxy) is 1. The lowest BCUT2D eigenvalue weighted by molar-refractivity contribution is -0.149. The molecule has 0 aliphatic heterocycles. The molecule has 0 aromatic carbocycles. The summed E-state index contributed by atoms with van der Waals surface area (Å²) in [5, 5.41) is 7.62. The third-order valence-corrected chi connectivity index (χ3v) is 5.12. The number of hydrogen-bond acceptors (Lipinski definition) is 4. The van der Waals surface area contributed by atoms with Gasteiger partial charge in [-0.1, -0.05) is 13.0 Å². The molecule has 1 aromatic heterocycles. The predicted molar refractivity (Wildman–Crippen MR) is 86.7 cm³/mol. The van der Waals surface area contributed by atoms with Gasteiger partial charge in [-0.25, -0.2) is 0 Å². The van der Waals surface area contributed by atoms with E-state index >= 15 is 0 Å². The van der Waals surface area contributed by atoms with Gasteiger partial charge in [-0.2, -0.15) is 5.10 Å². The van der Waals surface area contributed by atoms with Crippen molar-refractivity contribution in [1.82, 2.24) is 10.2 Å². The normalized spacial score (nSPS) is 27.0. The Kier molecular flexibility index (Phi) is 4.64. The average molecular weight is 316 g/mol. The summed E-state index contributed by atoms with van der Waals surface area (Å²) in [5.74, 6) is 0.233. The second-order valence-corrected chi connectivity index (χ2v) is 6.67. The molecule has 0 amide bonds. The van der Waals surface area contributed by atoms with Crippen LogP contribution in [0.1, 0.15) is 50.1 Å². The lowest BCUT2D eigenvalue weighted by Crippen LogP contribution is -2.26. The van der Waals surface area contributed by atoms with Crippen molar-refractivity contribution < 1.29 is 14.3 Å². The Balaban J connectivity index is 1.78. The fourth-order valence-corrected chi connectivity index (χ4v) is 3.76. The molecule has 5 nitrogen and oxygen atoms in total. The minimum atomic E-state index is -0.0896. The number of allylic oxidation sites excluding steroid dienone is 2. The van der Waals surface area contributed by atoms with E-state index in [2.05, 4.69) is 23.2 Å². The average Bonchev–Trinajstić information content (AvgIpc) is 2.97. The van der Waals surface area contributed by atoms with Crippen LogP contribution in [-0.2, 0) is 27.2 Å². The predicted octanol–water partition coefficient (Wildman–Crippen LogP) is 2.71. The Bertz CT molecular complexity index is 632. The SMILES string of the molecule is CCOC(=O)[C@@H]1CC=C(c2n[nH]c3c2CCC(C=O)C3)CC1C. The van der Waals surface area contributed by atoms with E-state index in [1.807, 2.05) is 6.92 Å². The number of carbonyl (C=O) groups excluding carboxylic acids is 2. The summed E-state index contributed by atoms with van der Waals surface area (Å²) < 4.78 is 5.17. The first-order valence-electron chi connectivity index (χ1n) is 8.51. The number of fused-ring (bicyclic) bond motifs is 1. The number of hydrogen-bond donors (Lipinski definition) is 1. The zero-order chi connectivity index (χ0) is 16.4. The molecule has 2 aliphatic rings. The zero-order valence-corrected chi connectivity index (χ0v) is 13.8. The number of nitrogens with one attached hydrogen (secondary N) is 1. The second-order valence-electron chi connectivity index (χ2n) is 6.67. The van der Waals surface area contributed by atoms with Crippen LogP contribution < -0.4 is 0 Å². The third-order valence-electron chi connectivity index (χ3n) is 5.12. The number of esters is 1. The van der Waals surface area contributed by atoms with Gasteiger partial charge in [0.15, 0.2) is 0 Å².